The molecule has 0 radical (unpaired) electrons. The minimum atomic E-state index is 0.616. The van der Waals surface area contributed by atoms with Crippen molar-refractivity contribution in [1.29, 1.82) is 0 Å². The summed E-state index contributed by atoms with van der Waals surface area (Å²) in [5.41, 5.74) is 2.40. The van der Waals surface area contributed by atoms with Gasteiger partial charge in [-0.05, 0) is 43.4 Å². The van der Waals surface area contributed by atoms with E-state index in [0.29, 0.717) is 5.41 Å². The zero-order chi connectivity index (χ0) is 8.60. The fourth-order valence-electron chi connectivity index (χ4n) is 2.84. The molecule has 0 N–H and O–H groups in total. The summed E-state index contributed by atoms with van der Waals surface area (Å²) >= 11 is 0. The SMILES string of the molecule is CC1C=C2CCCCC2(C)CC1. The molecular weight excluding hydrogens is 144 g/mol. The van der Waals surface area contributed by atoms with Gasteiger partial charge in [-0.3, -0.25) is 0 Å². The summed E-state index contributed by atoms with van der Waals surface area (Å²) in [6.45, 7) is 4.84. The third kappa shape index (κ3) is 1.32. The Bertz CT molecular complexity index is 202. The molecule has 2 atom stereocenters. The van der Waals surface area contributed by atoms with Crippen molar-refractivity contribution in [3.63, 3.8) is 0 Å². The molecule has 0 bridgehead atoms. The van der Waals surface area contributed by atoms with Crippen molar-refractivity contribution in [3.8, 4) is 0 Å². The average Bonchev–Trinajstić information content (AvgIpc) is 2.06. The van der Waals surface area contributed by atoms with E-state index in [2.05, 4.69) is 19.9 Å². The molecule has 2 aliphatic carbocycles. The highest BCUT2D eigenvalue weighted by Crippen LogP contribution is 2.47. The highest BCUT2D eigenvalue weighted by molar-refractivity contribution is 5.19. The molecule has 0 aromatic rings. The van der Waals surface area contributed by atoms with Crippen molar-refractivity contribution in [2.75, 3.05) is 0 Å². The van der Waals surface area contributed by atoms with Gasteiger partial charge >= 0.3 is 0 Å². The predicted octanol–water partition coefficient (Wildman–Crippen LogP) is 3.92. The number of rotatable bonds is 0. The smallest absolute Gasteiger partial charge is 0.0116 e. The van der Waals surface area contributed by atoms with E-state index in [-0.39, 0.29) is 0 Å². The van der Waals surface area contributed by atoms with Gasteiger partial charge in [0.2, 0.25) is 0 Å². The Morgan fingerprint density at radius 3 is 3.00 bits per heavy atom. The fraction of sp³-hybridized carbons (Fsp3) is 0.833. The van der Waals surface area contributed by atoms with E-state index in [1.807, 2.05) is 0 Å². The number of fused-ring (bicyclic) bond motifs is 1. The van der Waals surface area contributed by atoms with Crippen molar-refractivity contribution in [2.24, 2.45) is 11.3 Å². The maximum atomic E-state index is 2.56. The Hall–Kier alpha value is -0.260. The van der Waals surface area contributed by atoms with Crippen molar-refractivity contribution < 1.29 is 0 Å². The van der Waals surface area contributed by atoms with Crippen LogP contribution in [0.5, 0.6) is 0 Å². The molecule has 68 valence electrons. The van der Waals surface area contributed by atoms with E-state index < -0.39 is 0 Å². The van der Waals surface area contributed by atoms with Crippen LogP contribution in [0.25, 0.3) is 0 Å². The van der Waals surface area contributed by atoms with E-state index >= 15 is 0 Å². The van der Waals surface area contributed by atoms with Gasteiger partial charge in [-0.25, -0.2) is 0 Å². The normalized spacial score (nSPS) is 41.8. The largest absolute Gasteiger partial charge is 0.0819 e. The van der Waals surface area contributed by atoms with E-state index in [9.17, 15) is 0 Å². The van der Waals surface area contributed by atoms with Gasteiger partial charge < -0.3 is 0 Å². The molecule has 0 spiro atoms. The van der Waals surface area contributed by atoms with Crippen molar-refractivity contribution in [1.82, 2.24) is 0 Å². The number of hydrogen-bond acceptors (Lipinski definition) is 0. The Morgan fingerprint density at radius 2 is 2.17 bits per heavy atom. The van der Waals surface area contributed by atoms with E-state index in [1.165, 1.54) is 38.5 Å². The van der Waals surface area contributed by atoms with Gasteiger partial charge in [-0.2, -0.15) is 0 Å². The molecule has 0 amide bonds. The molecule has 0 nitrogen and oxygen atoms in total. The number of hydrogen-bond donors (Lipinski definition) is 0. The van der Waals surface area contributed by atoms with Gasteiger partial charge in [-0.15, -0.1) is 0 Å². The minimum Gasteiger partial charge on any atom is -0.0819 e. The van der Waals surface area contributed by atoms with Gasteiger partial charge in [0, 0.05) is 0 Å². The molecule has 2 aliphatic rings. The Balaban J connectivity index is 2.23. The molecule has 0 aromatic carbocycles. The molecule has 1 saturated carbocycles. The molecule has 0 aromatic heterocycles. The lowest BCUT2D eigenvalue weighted by atomic mass is 9.64. The lowest BCUT2D eigenvalue weighted by Gasteiger charge is -2.41. The van der Waals surface area contributed by atoms with Gasteiger partial charge in [0.15, 0.2) is 0 Å². The molecule has 2 rings (SSSR count). The molecule has 0 saturated heterocycles. The summed E-state index contributed by atoms with van der Waals surface area (Å²) in [4.78, 5) is 0. The van der Waals surface area contributed by atoms with Gasteiger partial charge in [0.25, 0.3) is 0 Å². The topological polar surface area (TPSA) is 0 Å². The lowest BCUT2D eigenvalue weighted by Crippen LogP contribution is -2.27. The van der Waals surface area contributed by atoms with Crippen LogP contribution in [0, 0.1) is 11.3 Å². The zero-order valence-electron chi connectivity index (χ0n) is 8.40. The van der Waals surface area contributed by atoms with Crippen molar-refractivity contribution in [3.05, 3.63) is 11.6 Å². The lowest BCUT2D eigenvalue weighted by molar-refractivity contribution is 0.245. The zero-order valence-corrected chi connectivity index (χ0v) is 8.40. The predicted molar refractivity (Wildman–Crippen MR) is 53.1 cm³/mol. The first-order valence-electron chi connectivity index (χ1n) is 5.42. The highest BCUT2D eigenvalue weighted by Gasteiger charge is 2.33. The summed E-state index contributed by atoms with van der Waals surface area (Å²) in [7, 11) is 0. The van der Waals surface area contributed by atoms with Crippen molar-refractivity contribution in [2.45, 2.75) is 52.4 Å². The quantitative estimate of drug-likeness (QED) is 0.476. The number of allylic oxidation sites excluding steroid dienone is 2. The molecule has 0 aliphatic heterocycles. The average molecular weight is 164 g/mol. The van der Waals surface area contributed by atoms with E-state index in [0.717, 1.165) is 5.92 Å². The third-order valence-corrected chi connectivity index (χ3v) is 3.84. The summed E-state index contributed by atoms with van der Waals surface area (Å²) in [6, 6.07) is 0. The standard InChI is InChI=1S/C12H20/c1-10-6-8-12(2)7-4-3-5-11(12)9-10/h9-10H,3-8H2,1-2H3. The van der Waals surface area contributed by atoms with Crippen LogP contribution in [-0.2, 0) is 0 Å². The molecule has 12 heavy (non-hydrogen) atoms. The molecule has 0 heterocycles. The molecule has 2 unspecified atom stereocenters. The Labute approximate surface area is 76.1 Å². The maximum Gasteiger partial charge on any atom is -0.0116 e. The van der Waals surface area contributed by atoms with Crippen LogP contribution in [-0.4, -0.2) is 0 Å². The first kappa shape index (κ1) is 8.34. The van der Waals surface area contributed by atoms with E-state index in [1.54, 1.807) is 5.57 Å². The summed E-state index contributed by atoms with van der Waals surface area (Å²) < 4.78 is 0. The van der Waals surface area contributed by atoms with Crippen LogP contribution in [0.2, 0.25) is 0 Å². The molecular formula is C12H20. The van der Waals surface area contributed by atoms with Crippen LogP contribution in [0.4, 0.5) is 0 Å². The van der Waals surface area contributed by atoms with Crippen LogP contribution in [0.15, 0.2) is 11.6 Å². The Kier molecular flexibility index (Phi) is 2.02. The van der Waals surface area contributed by atoms with Crippen LogP contribution in [0.1, 0.15) is 52.4 Å². The maximum absolute atomic E-state index is 2.56. The minimum absolute atomic E-state index is 0.616. The van der Waals surface area contributed by atoms with Gasteiger partial charge in [-0.1, -0.05) is 31.9 Å². The fourth-order valence-corrected chi connectivity index (χ4v) is 2.84. The van der Waals surface area contributed by atoms with Crippen LogP contribution >= 0.6 is 0 Å². The molecule has 1 fully saturated rings. The second-order valence-corrected chi connectivity index (χ2v) is 4.98. The summed E-state index contributed by atoms with van der Waals surface area (Å²) in [5.74, 6) is 0.853. The first-order valence-corrected chi connectivity index (χ1v) is 5.42. The highest BCUT2D eigenvalue weighted by atomic mass is 14.4. The van der Waals surface area contributed by atoms with Crippen LogP contribution in [0.3, 0.4) is 0 Å². The third-order valence-electron chi connectivity index (χ3n) is 3.84. The van der Waals surface area contributed by atoms with Gasteiger partial charge in [0.05, 0.1) is 0 Å². The monoisotopic (exact) mass is 164 g/mol. The second kappa shape index (κ2) is 2.90. The van der Waals surface area contributed by atoms with Gasteiger partial charge in [0.1, 0.15) is 0 Å². The summed E-state index contributed by atoms with van der Waals surface area (Å²) in [5, 5.41) is 0. The van der Waals surface area contributed by atoms with Crippen molar-refractivity contribution >= 4 is 0 Å². The molecule has 0 heteroatoms. The second-order valence-electron chi connectivity index (χ2n) is 4.98. The summed E-state index contributed by atoms with van der Waals surface area (Å²) in [6.07, 6.45) is 11.2. The first-order chi connectivity index (χ1) is 5.71. The van der Waals surface area contributed by atoms with Crippen LogP contribution < -0.4 is 0 Å². The van der Waals surface area contributed by atoms with E-state index in [4.69, 9.17) is 0 Å². The Morgan fingerprint density at radius 1 is 1.33 bits per heavy atom.